The molecule has 0 unspecified atom stereocenters. The molecule has 0 spiro atoms. The van der Waals surface area contributed by atoms with Gasteiger partial charge in [0, 0.05) is 12.6 Å². The van der Waals surface area contributed by atoms with Gasteiger partial charge in [-0.2, -0.15) is 0 Å². The van der Waals surface area contributed by atoms with Gasteiger partial charge in [0.15, 0.2) is 0 Å². The molecule has 0 aromatic heterocycles. The van der Waals surface area contributed by atoms with E-state index in [2.05, 4.69) is 5.32 Å². The van der Waals surface area contributed by atoms with Crippen LogP contribution in [-0.4, -0.2) is 43.8 Å². The Balaban J connectivity index is 1.72. The van der Waals surface area contributed by atoms with E-state index in [-0.39, 0.29) is 23.4 Å². The highest BCUT2D eigenvalue weighted by Crippen LogP contribution is 2.29. The molecule has 1 N–H and O–H groups in total. The van der Waals surface area contributed by atoms with Gasteiger partial charge in [-0.15, -0.1) is 0 Å². The average Bonchev–Trinajstić information content (AvgIpc) is 2.97. The van der Waals surface area contributed by atoms with Crippen molar-refractivity contribution in [3.05, 3.63) is 95.1 Å². The van der Waals surface area contributed by atoms with Gasteiger partial charge in [-0.1, -0.05) is 91.9 Å². The first kappa shape index (κ1) is 31.3. The van der Waals surface area contributed by atoms with Gasteiger partial charge in [0.25, 0.3) is 10.0 Å². The fourth-order valence-electron chi connectivity index (χ4n) is 5.68. The first-order valence-electron chi connectivity index (χ1n) is 14.9. The zero-order valence-electron chi connectivity index (χ0n) is 25.2. The summed E-state index contributed by atoms with van der Waals surface area (Å²) in [5.74, 6) is -0.617. The summed E-state index contributed by atoms with van der Waals surface area (Å²) in [4.78, 5) is 29.6. The van der Waals surface area contributed by atoms with Crippen molar-refractivity contribution in [1.82, 2.24) is 10.2 Å². The van der Waals surface area contributed by atoms with Crippen LogP contribution in [0.5, 0.6) is 0 Å². The van der Waals surface area contributed by atoms with Crippen molar-refractivity contribution in [2.75, 3.05) is 10.8 Å². The van der Waals surface area contributed by atoms with Crippen LogP contribution in [0.3, 0.4) is 0 Å². The van der Waals surface area contributed by atoms with Crippen LogP contribution in [0.25, 0.3) is 0 Å². The maximum absolute atomic E-state index is 14.3. The second kappa shape index (κ2) is 14.0. The lowest BCUT2D eigenvalue weighted by Crippen LogP contribution is -2.54. The lowest BCUT2D eigenvalue weighted by atomic mass is 9.95. The second-order valence-corrected chi connectivity index (χ2v) is 13.3. The van der Waals surface area contributed by atoms with Gasteiger partial charge in [-0.25, -0.2) is 8.42 Å². The van der Waals surface area contributed by atoms with Crippen molar-refractivity contribution in [2.45, 2.75) is 89.7 Å². The van der Waals surface area contributed by atoms with E-state index in [1.54, 1.807) is 35.2 Å². The molecule has 1 saturated carbocycles. The number of anilines is 1. The highest BCUT2D eigenvalue weighted by Gasteiger charge is 2.34. The Morgan fingerprint density at radius 2 is 1.52 bits per heavy atom. The summed E-state index contributed by atoms with van der Waals surface area (Å²) in [6, 6.07) is 21.0. The third-order valence-corrected chi connectivity index (χ3v) is 9.82. The van der Waals surface area contributed by atoms with Gasteiger partial charge in [-0.3, -0.25) is 13.9 Å². The van der Waals surface area contributed by atoms with Gasteiger partial charge in [0.05, 0.1) is 10.6 Å². The molecule has 0 saturated heterocycles. The van der Waals surface area contributed by atoms with Crippen LogP contribution in [-0.2, 0) is 26.2 Å². The molecule has 2 amide bonds. The van der Waals surface area contributed by atoms with Gasteiger partial charge in [0.2, 0.25) is 11.8 Å². The molecule has 4 rings (SSSR count). The average molecular weight is 590 g/mol. The van der Waals surface area contributed by atoms with Crippen molar-refractivity contribution in [2.24, 2.45) is 0 Å². The molecule has 3 aromatic rings. The maximum atomic E-state index is 14.3. The number of hydrogen-bond acceptors (Lipinski definition) is 4. The van der Waals surface area contributed by atoms with Crippen LogP contribution in [0.15, 0.2) is 77.7 Å². The normalized spacial score (nSPS) is 14.7. The number of nitrogens with zero attached hydrogens (tertiary/aromatic N) is 2. The van der Waals surface area contributed by atoms with Gasteiger partial charge < -0.3 is 10.2 Å². The molecule has 1 aliphatic rings. The molecule has 0 bridgehead atoms. The third kappa shape index (κ3) is 7.59. The van der Waals surface area contributed by atoms with Crippen molar-refractivity contribution in [1.29, 1.82) is 0 Å². The number of benzene rings is 3. The van der Waals surface area contributed by atoms with Gasteiger partial charge in [-0.05, 0) is 69.4 Å². The minimum Gasteiger partial charge on any atom is -0.352 e. The molecule has 8 heteroatoms. The first-order chi connectivity index (χ1) is 20.1. The number of sulfonamides is 1. The van der Waals surface area contributed by atoms with E-state index in [1.165, 1.54) is 10.7 Å². The summed E-state index contributed by atoms with van der Waals surface area (Å²) in [5, 5.41) is 3.19. The topological polar surface area (TPSA) is 86.8 Å². The largest absolute Gasteiger partial charge is 0.352 e. The highest BCUT2D eigenvalue weighted by atomic mass is 32.2. The first-order valence-corrected chi connectivity index (χ1v) is 16.3. The summed E-state index contributed by atoms with van der Waals surface area (Å²) in [5.41, 5.74) is 3.98. The fourth-order valence-corrected chi connectivity index (χ4v) is 7.16. The van der Waals surface area contributed by atoms with E-state index >= 15 is 0 Å². The second-order valence-electron chi connectivity index (χ2n) is 11.4. The van der Waals surface area contributed by atoms with E-state index in [0.29, 0.717) is 12.1 Å². The van der Waals surface area contributed by atoms with Crippen molar-refractivity contribution >= 4 is 27.5 Å². The van der Waals surface area contributed by atoms with Crippen molar-refractivity contribution in [3.63, 3.8) is 0 Å². The summed E-state index contributed by atoms with van der Waals surface area (Å²) in [6.45, 7) is 7.34. The Bertz CT molecular complexity index is 1470. The Morgan fingerprint density at radius 1 is 0.881 bits per heavy atom. The van der Waals surface area contributed by atoms with E-state index < -0.39 is 28.5 Å². The molecule has 42 heavy (non-hydrogen) atoms. The molecule has 224 valence electrons. The van der Waals surface area contributed by atoms with Gasteiger partial charge >= 0.3 is 0 Å². The molecule has 1 atom stereocenters. The number of carbonyl (C=O) groups excluding carboxylic acids is 2. The number of carbonyl (C=O) groups is 2. The molecular weight excluding hydrogens is 546 g/mol. The summed E-state index contributed by atoms with van der Waals surface area (Å²) in [6.07, 6.45) is 5.61. The van der Waals surface area contributed by atoms with Crippen molar-refractivity contribution in [3.8, 4) is 0 Å². The smallest absolute Gasteiger partial charge is 0.264 e. The molecule has 1 aliphatic carbocycles. The predicted molar refractivity (Wildman–Crippen MR) is 168 cm³/mol. The van der Waals surface area contributed by atoms with Gasteiger partial charge in [0.1, 0.15) is 12.6 Å². The lowest BCUT2D eigenvalue weighted by molar-refractivity contribution is -0.140. The Kier molecular flexibility index (Phi) is 10.4. The maximum Gasteiger partial charge on any atom is 0.264 e. The van der Waals surface area contributed by atoms with Crippen LogP contribution >= 0.6 is 0 Å². The number of amides is 2. The monoisotopic (exact) mass is 589 g/mol. The molecule has 7 nitrogen and oxygen atoms in total. The molecule has 3 aromatic carbocycles. The number of aryl methyl sites for hydroxylation is 3. The van der Waals surface area contributed by atoms with Crippen LogP contribution in [0.1, 0.15) is 67.7 Å². The SMILES string of the molecule is CC[C@@H](C(=O)NC1CCCCC1)N(Cc1ccccc1)C(=O)CN(c1ccc(C)cc1C)S(=O)(=O)c1ccc(C)cc1. The fraction of sp³-hybridized carbons (Fsp3) is 0.412. The molecule has 0 radical (unpaired) electrons. The molecule has 1 fully saturated rings. The third-order valence-electron chi connectivity index (χ3n) is 8.04. The van der Waals surface area contributed by atoms with Crippen LogP contribution in [0, 0.1) is 20.8 Å². The van der Waals surface area contributed by atoms with E-state index in [9.17, 15) is 18.0 Å². The quantitative estimate of drug-likeness (QED) is 0.294. The van der Waals surface area contributed by atoms with Crippen LogP contribution in [0.2, 0.25) is 0 Å². The summed E-state index contributed by atoms with van der Waals surface area (Å²) < 4.78 is 29.4. The Labute approximate surface area is 251 Å². The molecule has 0 heterocycles. The number of hydrogen-bond donors (Lipinski definition) is 1. The summed E-state index contributed by atoms with van der Waals surface area (Å²) >= 11 is 0. The molecular formula is C34H43N3O4S. The number of nitrogens with one attached hydrogen (secondary N) is 1. The van der Waals surface area contributed by atoms with Crippen LogP contribution < -0.4 is 9.62 Å². The zero-order chi connectivity index (χ0) is 30.3. The van der Waals surface area contributed by atoms with Crippen molar-refractivity contribution < 1.29 is 18.0 Å². The summed E-state index contributed by atoms with van der Waals surface area (Å²) in [7, 11) is -4.10. The Hall–Kier alpha value is -3.65. The Morgan fingerprint density at radius 3 is 2.14 bits per heavy atom. The highest BCUT2D eigenvalue weighted by molar-refractivity contribution is 7.92. The lowest BCUT2D eigenvalue weighted by Gasteiger charge is -2.34. The number of rotatable bonds is 11. The van der Waals surface area contributed by atoms with E-state index in [4.69, 9.17) is 0 Å². The van der Waals surface area contributed by atoms with E-state index in [0.717, 1.165) is 47.9 Å². The minimum absolute atomic E-state index is 0.0996. The van der Waals surface area contributed by atoms with Crippen LogP contribution in [0.4, 0.5) is 5.69 Å². The molecule has 0 aliphatic heterocycles. The zero-order valence-corrected chi connectivity index (χ0v) is 26.0. The standard InChI is InChI=1S/C34H43N3O4S/c1-5-31(34(39)35-29-14-10-7-11-15-29)36(23-28-12-8-6-9-13-28)33(38)24-37(32-21-18-26(3)22-27(32)4)42(40,41)30-19-16-25(2)17-20-30/h6,8-9,12-13,16-22,29,31H,5,7,10-11,14-15,23-24H2,1-4H3,(H,35,39)/t31-/m0/s1. The minimum atomic E-state index is -4.10. The van der Waals surface area contributed by atoms with E-state index in [1.807, 2.05) is 70.2 Å². The predicted octanol–water partition coefficient (Wildman–Crippen LogP) is 6.06.